The topological polar surface area (TPSA) is 57.2 Å². The molecule has 1 atom stereocenters. The van der Waals surface area contributed by atoms with Gasteiger partial charge in [0.15, 0.2) is 0 Å². The molecule has 0 aliphatic rings. The Morgan fingerprint density at radius 3 is 2.80 bits per heavy atom. The summed E-state index contributed by atoms with van der Waals surface area (Å²) in [5, 5.41) is 0.815. The highest BCUT2D eigenvalue weighted by Gasteiger charge is 2.05. The fraction of sp³-hybridized carbons (Fsp3) is 0. The minimum absolute atomic E-state index is 0.258. The van der Waals surface area contributed by atoms with Gasteiger partial charge in [0.1, 0.15) is 0 Å². The molecular weight excluding hydrogens is 172 g/mol. The summed E-state index contributed by atoms with van der Waals surface area (Å²) in [6, 6.07) is 3.10. The average Bonchev–Trinajstić information content (AvgIpc) is 2.36. The van der Waals surface area contributed by atoms with E-state index >= 15 is 0 Å². The molecule has 54 valence electrons. The summed E-state index contributed by atoms with van der Waals surface area (Å²) in [6.07, 6.45) is 0. The number of hydrogen-bond donors (Lipinski definition) is 0. The van der Waals surface area contributed by atoms with E-state index < -0.39 is 16.2 Å². The number of thiophene rings is 1. The van der Waals surface area contributed by atoms with E-state index in [1.807, 2.05) is 0 Å². The molecule has 3 nitrogen and oxygen atoms in total. The van der Waals surface area contributed by atoms with E-state index in [1.54, 1.807) is 11.4 Å². The van der Waals surface area contributed by atoms with Gasteiger partial charge in [0, 0.05) is 11.1 Å². The minimum atomic E-state index is -2.62. The predicted molar refractivity (Wildman–Crippen MR) is 37.6 cm³/mol. The van der Waals surface area contributed by atoms with Gasteiger partial charge in [-0.3, -0.25) is 9.00 Å². The third-order valence-corrected chi connectivity index (χ3v) is 2.39. The minimum Gasteiger partial charge on any atom is -0.766 e. The second-order valence-corrected chi connectivity index (χ2v) is 3.29. The van der Waals surface area contributed by atoms with Gasteiger partial charge in [-0.1, -0.05) is 6.07 Å². The molecule has 0 aromatic carbocycles. The summed E-state index contributed by atoms with van der Waals surface area (Å²) >= 11 is -1.50. The standard InChI is InChI=1S/C5H4O3S2/c6-5(10(7)8)4-2-1-3-9-4/h1-3H,(H,7,8)/p-1. The second kappa shape index (κ2) is 3.05. The highest BCUT2D eigenvalue weighted by molar-refractivity contribution is 7.96. The van der Waals surface area contributed by atoms with Crippen molar-refractivity contribution in [1.82, 2.24) is 0 Å². The Hall–Kier alpha value is -0.520. The first-order chi connectivity index (χ1) is 4.72. The van der Waals surface area contributed by atoms with Gasteiger partial charge >= 0.3 is 0 Å². The molecule has 0 aliphatic heterocycles. The number of hydrogen-bond acceptors (Lipinski definition) is 4. The molecule has 0 N–H and O–H groups in total. The van der Waals surface area contributed by atoms with E-state index in [-0.39, 0.29) is 4.88 Å². The normalized spacial score (nSPS) is 12.9. The summed E-state index contributed by atoms with van der Waals surface area (Å²) in [5.74, 6) is 0. The van der Waals surface area contributed by atoms with E-state index in [0.717, 1.165) is 11.3 Å². The maximum absolute atomic E-state index is 10.6. The average molecular weight is 175 g/mol. The van der Waals surface area contributed by atoms with Gasteiger partial charge in [-0.25, -0.2) is 0 Å². The molecular formula is C5H3O3S2-. The van der Waals surface area contributed by atoms with Crippen LogP contribution in [0.25, 0.3) is 0 Å². The molecule has 1 heterocycles. The SMILES string of the molecule is O=C(c1cccs1)S(=O)[O-]. The van der Waals surface area contributed by atoms with Crippen LogP contribution in [0.3, 0.4) is 0 Å². The summed E-state index contributed by atoms with van der Waals surface area (Å²) in [4.78, 5) is 10.9. The van der Waals surface area contributed by atoms with Gasteiger partial charge in [0.2, 0.25) is 5.12 Å². The van der Waals surface area contributed by atoms with E-state index in [9.17, 15) is 13.6 Å². The first-order valence-corrected chi connectivity index (χ1v) is 4.34. The third kappa shape index (κ3) is 1.50. The van der Waals surface area contributed by atoms with Gasteiger partial charge in [0.25, 0.3) is 0 Å². The van der Waals surface area contributed by atoms with Crippen LogP contribution < -0.4 is 0 Å². The van der Waals surface area contributed by atoms with Crippen molar-refractivity contribution in [3.8, 4) is 0 Å². The quantitative estimate of drug-likeness (QED) is 0.592. The van der Waals surface area contributed by atoms with Crippen LogP contribution in [0, 0.1) is 0 Å². The van der Waals surface area contributed by atoms with Crippen LogP contribution in [0.15, 0.2) is 17.5 Å². The van der Waals surface area contributed by atoms with E-state index in [4.69, 9.17) is 0 Å². The highest BCUT2D eigenvalue weighted by atomic mass is 32.2. The lowest BCUT2D eigenvalue weighted by Crippen LogP contribution is -2.03. The van der Waals surface area contributed by atoms with Crippen molar-refractivity contribution in [3.05, 3.63) is 22.4 Å². The predicted octanol–water partition coefficient (Wildman–Crippen LogP) is 0.767. The van der Waals surface area contributed by atoms with Gasteiger partial charge in [-0.15, -0.1) is 11.3 Å². The van der Waals surface area contributed by atoms with E-state index in [1.165, 1.54) is 6.07 Å². The van der Waals surface area contributed by atoms with E-state index in [2.05, 4.69) is 0 Å². The number of carbonyl (C=O) groups excluding carboxylic acids is 1. The Kier molecular flexibility index (Phi) is 2.31. The molecule has 1 unspecified atom stereocenters. The zero-order valence-electron chi connectivity index (χ0n) is 4.77. The Labute approximate surface area is 64.0 Å². The van der Waals surface area contributed by atoms with Crippen LogP contribution in [-0.2, 0) is 11.1 Å². The van der Waals surface area contributed by atoms with Crippen LogP contribution in [0.1, 0.15) is 9.67 Å². The largest absolute Gasteiger partial charge is 0.766 e. The number of carbonyl (C=O) groups is 1. The summed E-state index contributed by atoms with van der Waals surface area (Å²) < 4.78 is 20.1. The van der Waals surface area contributed by atoms with Crippen molar-refractivity contribution in [2.24, 2.45) is 0 Å². The van der Waals surface area contributed by atoms with Crippen molar-refractivity contribution >= 4 is 27.5 Å². The zero-order chi connectivity index (χ0) is 7.56. The lowest BCUT2D eigenvalue weighted by atomic mass is 10.5. The molecule has 0 bridgehead atoms. The van der Waals surface area contributed by atoms with Gasteiger partial charge in [-0.05, 0) is 11.4 Å². The lowest BCUT2D eigenvalue weighted by molar-refractivity contribution is 0.107. The van der Waals surface area contributed by atoms with Crippen molar-refractivity contribution in [2.75, 3.05) is 0 Å². The smallest absolute Gasteiger partial charge is 0.245 e. The van der Waals surface area contributed by atoms with Crippen molar-refractivity contribution in [2.45, 2.75) is 0 Å². The molecule has 1 aromatic rings. The summed E-state index contributed by atoms with van der Waals surface area (Å²) in [7, 11) is 0. The maximum atomic E-state index is 10.6. The van der Waals surface area contributed by atoms with Crippen LogP contribution in [0.4, 0.5) is 0 Å². The fourth-order valence-electron chi connectivity index (χ4n) is 0.477. The second-order valence-electron chi connectivity index (χ2n) is 1.50. The fourth-order valence-corrected chi connectivity index (χ4v) is 1.61. The number of rotatable bonds is 1. The van der Waals surface area contributed by atoms with E-state index in [0.29, 0.717) is 0 Å². The lowest BCUT2D eigenvalue weighted by Gasteiger charge is -1.98. The van der Waals surface area contributed by atoms with Crippen LogP contribution in [0.5, 0.6) is 0 Å². The van der Waals surface area contributed by atoms with Gasteiger partial charge in [-0.2, -0.15) is 0 Å². The molecule has 0 spiro atoms. The molecule has 0 fully saturated rings. The first kappa shape index (κ1) is 7.59. The van der Waals surface area contributed by atoms with Crippen LogP contribution >= 0.6 is 11.3 Å². The summed E-state index contributed by atoms with van der Waals surface area (Å²) in [6.45, 7) is 0. The molecule has 0 aliphatic carbocycles. The molecule has 5 heteroatoms. The highest BCUT2D eigenvalue weighted by Crippen LogP contribution is 2.09. The summed E-state index contributed by atoms with van der Waals surface area (Å²) in [5.41, 5.74) is 0. The maximum Gasteiger partial charge on any atom is 0.245 e. The van der Waals surface area contributed by atoms with Crippen molar-refractivity contribution in [3.63, 3.8) is 0 Å². The zero-order valence-corrected chi connectivity index (χ0v) is 6.41. The third-order valence-electron chi connectivity index (χ3n) is 0.874. The Morgan fingerprint density at radius 2 is 2.40 bits per heavy atom. The molecule has 0 amide bonds. The Bertz CT molecular complexity index is 252. The Morgan fingerprint density at radius 1 is 1.70 bits per heavy atom. The first-order valence-electron chi connectivity index (χ1n) is 2.39. The molecule has 10 heavy (non-hydrogen) atoms. The van der Waals surface area contributed by atoms with Crippen LogP contribution in [-0.4, -0.2) is 13.9 Å². The Balaban J connectivity index is 2.88. The molecule has 1 rings (SSSR count). The van der Waals surface area contributed by atoms with Crippen LogP contribution in [0.2, 0.25) is 0 Å². The molecule has 0 saturated carbocycles. The van der Waals surface area contributed by atoms with Crippen molar-refractivity contribution in [1.29, 1.82) is 0 Å². The van der Waals surface area contributed by atoms with Crippen molar-refractivity contribution < 1.29 is 13.6 Å². The molecule has 0 radical (unpaired) electrons. The monoisotopic (exact) mass is 175 g/mol. The molecule has 0 saturated heterocycles. The molecule has 1 aromatic heterocycles. The van der Waals surface area contributed by atoms with Gasteiger partial charge in [0.05, 0.1) is 4.88 Å². The van der Waals surface area contributed by atoms with Gasteiger partial charge < -0.3 is 4.55 Å².